The van der Waals surface area contributed by atoms with Crippen LogP contribution in [0.15, 0.2) is 48.6 Å². The van der Waals surface area contributed by atoms with Crippen molar-refractivity contribution in [1.29, 1.82) is 0 Å². The molecule has 164 valence electrons. The molecule has 0 saturated carbocycles. The molecule has 0 aliphatic rings. The zero-order valence-electron chi connectivity index (χ0n) is 17.9. The Labute approximate surface area is 176 Å². The second-order valence-corrected chi connectivity index (χ2v) is 7.03. The van der Waals surface area contributed by atoms with Gasteiger partial charge in [0.25, 0.3) is 0 Å². The van der Waals surface area contributed by atoms with Crippen LogP contribution in [-0.4, -0.2) is 34.7 Å². The van der Waals surface area contributed by atoms with Gasteiger partial charge >= 0.3 is 5.97 Å². The molecule has 3 N–H and O–H groups in total. The number of hydrogen-bond acceptors (Lipinski definition) is 3. The summed E-state index contributed by atoms with van der Waals surface area (Å²) >= 11 is 0. The van der Waals surface area contributed by atoms with Gasteiger partial charge in [-0.1, -0.05) is 74.8 Å². The molecule has 0 aromatic rings. The maximum absolute atomic E-state index is 11.5. The lowest BCUT2D eigenvalue weighted by atomic mass is 10.1. The number of carbonyl (C=O) groups is 2. The molecule has 0 aliphatic carbocycles. The highest BCUT2D eigenvalue weighted by molar-refractivity contribution is 5.75. The van der Waals surface area contributed by atoms with E-state index in [1.54, 1.807) is 0 Å². The van der Waals surface area contributed by atoms with Gasteiger partial charge in [-0.15, -0.1) is 0 Å². The number of carbonyl (C=O) groups excluding carboxylic acids is 1. The second-order valence-electron chi connectivity index (χ2n) is 7.03. The van der Waals surface area contributed by atoms with E-state index >= 15 is 0 Å². The smallest absolute Gasteiger partial charge is 0.303 e. The van der Waals surface area contributed by atoms with Crippen LogP contribution in [0, 0.1) is 0 Å². The van der Waals surface area contributed by atoms with Crippen molar-refractivity contribution in [3.05, 3.63) is 48.6 Å². The summed E-state index contributed by atoms with van der Waals surface area (Å²) in [5.74, 6) is -0.850. The van der Waals surface area contributed by atoms with E-state index in [4.69, 9.17) is 5.11 Å². The normalized spacial score (nSPS) is 13.2. The first kappa shape index (κ1) is 26.9. The summed E-state index contributed by atoms with van der Waals surface area (Å²) < 4.78 is 0. The summed E-state index contributed by atoms with van der Waals surface area (Å²) in [6, 6.07) is 0. The monoisotopic (exact) mass is 405 g/mol. The van der Waals surface area contributed by atoms with Gasteiger partial charge in [-0.3, -0.25) is 9.59 Å². The number of carboxylic acids is 1. The highest BCUT2D eigenvalue weighted by atomic mass is 16.4. The highest BCUT2D eigenvalue weighted by Crippen LogP contribution is 2.04. The second kappa shape index (κ2) is 20.6. The van der Waals surface area contributed by atoms with Crippen molar-refractivity contribution >= 4 is 11.9 Å². The standard InChI is InChI=1S/C24H39NO4/c1-2-3-13-17-22(26)18-14-11-9-7-5-4-6-8-10-12-15-19-23(27)25-21-16-20-24(28)29/h4-5,8-11,14,18,22,26H,2-3,6-7,12-13,15-17,19-21H2,1H3,(H,25,27)(H,28,29). The number of aliphatic hydroxyl groups is 1. The third-order valence-corrected chi connectivity index (χ3v) is 4.23. The number of nitrogens with one attached hydrogen (secondary N) is 1. The Morgan fingerprint density at radius 1 is 0.897 bits per heavy atom. The Kier molecular flexibility index (Phi) is 19.1. The third-order valence-electron chi connectivity index (χ3n) is 4.23. The van der Waals surface area contributed by atoms with Gasteiger partial charge in [0.15, 0.2) is 0 Å². The molecular formula is C24H39NO4. The fourth-order valence-electron chi connectivity index (χ4n) is 2.55. The molecule has 0 bridgehead atoms. The molecule has 0 aromatic carbocycles. The lowest BCUT2D eigenvalue weighted by molar-refractivity contribution is -0.137. The van der Waals surface area contributed by atoms with Gasteiger partial charge in [-0.25, -0.2) is 0 Å². The maximum Gasteiger partial charge on any atom is 0.303 e. The van der Waals surface area contributed by atoms with E-state index in [0.717, 1.165) is 38.5 Å². The van der Waals surface area contributed by atoms with E-state index in [0.29, 0.717) is 19.4 Å². The number of aliphatic hydroxyl groups excluding tert-OH is 1. The fraction of sp³-hybridized carbons (Fsp3) is 0.583. The maximum atomic E-state index is 11.5. The van der Waals surface area contributed by atoms with Gasteiger partial charge in [0, 0.05) is 19.4 Å². The zero-order chi connectivity index (χ0) is 21.6. The van der Waals surface area contributed by atoms with Gasteiger partial charge in [0.05, 0.1) is 6.10 Å². The molecule has 1 amide bonds. The van der Waals surface area contributed by atoms with Gasteiger partial charge in [-0.05, 0) is 38.5 Å². The molecule has 0 fully saturated rings. The van der Waals surface area contributed by atoms with Gasteiger partial charge in [-0.2, -0.15) is 0 Å². The Morgan fingerprint density at radius 2 is 1.62 bits per heavy atom. The molecule has 5 heteroatoms. The molecule has 1 unspecified atom stereocenters. The average molecular weight is 406 g/mol. The minimum Gasteiger partial charge on any atom is -0.481 e. The number of aliphatic carboxylic acids is 1. The van der Waals surface area contributed by atoms with Crippen LogP contribution in [0.4, 0.5) is 0 Å². The van der Waals surface area contributed by atoms with Crippen LogP contribution in [0.1, 0.15) is 77.6 Å². The number of unbranched alkanes of at least 4 members (excludes halogenated alkanes) is 3. The molecule has 0 radical (unpaired) electrons. The third kappa shape index (κ3) is 22.0. The minimum atomic E-state index is -0.834. The molecule has 0 aromatic heterocycles. The van der Waals surface area contributed by atoms with E-state index in [2.05, 4.69) is 42.6 Å². The van der Waals surface area contributed by atoms with Crippen molar-refractivity contribution in [2.45, 2.75) is 83.7 Å². The van der Waals surface area contributed by atoms with Crippen molar-refractivity contribution in [3.63, 3.8) is 0 Å². The fourth-order valence-corrected chi connectivity index (χ4v) is 2.55. The largest absolute Gasteiger partial charge is 0.481 e. The Balaban J connectivity index is 3.59. The van der Waals surface area contributed by atoms with Crippen LogP contribution in [0.3, 0.4) is 0 Å². The molecule has 5 nitrogen and oxygen atoms in total. The summed E-state index contributed by atoms with van der Waals surface area (Å²) in [4.78, 5) is 21.9. The summed E-state index contributed by atoms with van der Waals surface area (Å²) in [7, 11) is 0. The van der Waals surface area contributed by atoms with Gasteiger partial charge in [0.2, 0.25) is 5.91 Å². The van der Waals surface area contributed by atoms with Crippen molar-refractivity contribution in [2.24, 2.45) is 0 Å². The predicted molar refractivity (Wildman–Crippen MR) is 120 cm³/mol. The SMILES string of the molecule is CCCCCC(O)C=CC=CCC=CCC=CCCCC(=O)NCCCC(=O)O. The van der Waals surface area contributed by atoms with Crippen LogP contribution < -0.4 is 5.32 Å². The van der Waals surface area contributed by atoms with Crippen molar-refractivity contribution in [2.75, 3.05) is 6.54 Å². The topological polar surface area (TPSA) is 86.6 Å². The minimum absolute atomic E-state index is 0.0157. The molecular weight excluding hydrogens is 366 g/mol. The molecule has 29 heavy (non-hydrogen) atoms. The van der Waals surface area contributed by atoms with E-state index in [9.17, 15) is 14.7 Å². The molecule has 0 rings (SSSR count). The quantitative estimate of drug-likeness (QED) is 0.168. The summed E-state index contributed by atoms with van der Waals surface area (Å²) in [6.07, 6.45) is 24.5. The summed E-state index contributed by atoms with van der Waals surface area (Å²) in [5.41, 5.74) is 0. The lowest BCUT2D eigenvalue weighted by Crippen LogP contribution is -2.24. The lowest BCUT2D eigenvalue weighted by Gasteiger charge is -2.02. The number of carboxylic acid groups (broad SMARTS) is 1. The van der Waals surface area contributed by atoms with Crippen LogP contribution in [0.2, 0.25) is 0 Å². The van der Waals surface area contributed by atoms with E-state index in [1.165, 1.54) is 12.8 Å². The summed E-state index contributed by atoms with van der Waals surface area (Å²) in [5, 5.41) is 21.0. The van der Waals surface area contributed by atoms with E-state index in [-0.39, 0.29) is 18.4 Å². The molecule has 0 aliphatic heterocycles. The number of rotatable bonds is 18. The zero-order valence-corrected chi connectivity index (χ0v) is 17.9. The molecule has 0 saturated heterocycles. The van der Waals surface area contributed by atoms with Crippen molar-refractivity contribution in [3.8, 4) is 0 Å². The molecule has 0 heterocycles. The van der Waals surface area contributed by atoms with Crippen LogP contribution in [0.5, 0.6) is 0 Å². The van der Waals surface area contributed by atoms with Crippen molar-refractivity contribution < 1.29 is 19.8 Å². The first-order valence-electron chi connectivity index (χ1n) is 10.9. The summed E-state index contributed by atoms with van der Waals surface area (Å²) in [6.45, 7) is 2.58. The van der Waals surface area contributed by atoms with Gasteiger partial charge in [0.1, 0.15) is 0 Å². The first-order valence-corrected chi connectivity index (χ1v) is 10.9. The average Bonchev–Trinajstić information content (AvgIpc) is 2.69. The van der Waals surface area contributed by atoms with E-state index < -0.39 is 5.97 Å². The Bertz CT molecular complexity index is 535. The van der Waals surface area contributed by atoms with Crippen LogP contribution >= 0.6 is 0 Å². The Hall–Kier alpha value is -2.14. The highest BCUT2D eigenvalue weighted by Gasteiger charge is 2.01. The molecule has 1 atom stereocenters. The van der Waals surface area contributed by atoms with Crippen molar-refractivity contribution in [1.82, 2.24) is 5.32 Å². The molecule has 0 spiro atoms. The number of amides is 1. The predicted octanol–water partition coefficient (Wildman–Crippen LogP) is 5.08. The first-order chi connectivity index (χ1) is 14.1. The van der Waals surface area contributed by atoms with E-state index in [1.807, 2.05) is 18.2 Å². The number of allylic oxidation sites excluding steroid dienone is 7. The van der Waals surface area contributed by atoms with Gasteiger partial charge < -0.3 is 15.5 Å². The van der Waals surface area contributed by atoms with Crippen LogP contribution in [-0.2, 0) is 9.59 Å². The Morgan fingerprint density at radius 3 is 2.34 bits per heavy atom. The number of hydrogen-bond donors (Lipinski definition) is 3. The van der Waals surface area contributed by atoms with Crippen LogP contribution in [0.25, 0.3) is 0 Å².